The van der Waals surface area contributed by atoms with E-state index in [0.29, 0.717) is 16.6 Å². The molecule has 1 unspecified atom stereocenters. The minimum atomic E-state index is -5.08. The SMILES string of the molecule is CCN(C)C1COC2(CCN(C(=O)c3ccc(Cl)cc3)CC2)C1.O=C(O)C(F)(F)F. The Hall–Kier alpha value is -1.84. The van der Waals surface area contributed by atoms with Crippen molar-refractivity contribution in [3.63, 3.8) is 0 Å². The lowest BCUT2D eigenvalue weighted by Gasteiger charge is -2.39. The summed E-state index contributed by atoms with van der Waals surface area (Å²) < 4.78 is 37.9. The van der Waals surface area contributed by atoms with Gasteiger partial charge in [0.15, 0.2) is 0 Å². The minimum absolute atomic E-state index is 0.0229. The first-order valence-corrected chi connectivity index (χ1v) is 10.0. The first-order chi connectivity index (χ1) is 14.0. The maximum absolute atomic E-state index is 12.6. The second kappa shape index (κ2) is 9.98. The summed E-state index contributed by atoms with van der Waals surface area (Å²) in [6.07, 6.45) is -2.14. The van der Waals surface area contributed by atoms with Gasteiger partial charge in [-0.15, -0.1) is 0 Å². The van der Waals surface area contributed by atoms with Gasteiger partial charge in [0.25, 0.3) is 5.91 Å². The second-order valence-corrected chi connectivity index (χ2v) is 7.96. The molecule has 10 heteroatoms. The van der Waals surface area contributed by atoms with E-state index >= 15 is 0 Å². The number of benzene rings is 1. The van der Waals surface area contributed by atoms with Crippen molar-refractivity contribution in [3.8, 4) is 0 Å². The van der Waals surface area contributed by atoms with Crippen LogP contribution in [0.3, 0.4) is 0 Å². The number of carboxylic acids is 1. The molecule has 30 heavy (non-hydrogen) atoms. The molecule has 168 valence electrons. The molecule has 0 aliphatic carbocycles. The van der Waals surface area contributed by atoms with Crippen molar-refractivity contribution in [1.29, 1.82) is 0 Å². The highest BCUT2D eigenvalue weighted by atomic mass is 35.5. The summed E-state index contributed by atoms with van der Waals surface area (Å²) in [5, 5.41) is 7.78. The van der Waals surface area contributed by atoms with Crippen LogP contribution in [-0.4, -0.2) is 77.9 Å². The molecule has 6 nitrogen and oxygen atoms in total. The summed E-state index contributed by atoms with van der Waals surface area (Å²) >= 11 is 5.89. The summed E-state index contributed by atoms with van der Waals surface area (Å²) in [7, 11) is 2.16. The molecular formula is C20H26ClF3N2O4. The van der Waals surface area contributed by atoms with Gasteiger partial charge in [-0.05, 0) is 57.1 Å². The summed E-state index contributed by atoms with van der Waals surface area (Å²) in [4.78, 5) is 25.8. The molecule has 1 aromatic carbocycles. The lowest BCUT2D eigenvalue weighted by molar-refractivity contribution is -0.192. The summed E-state index contributed by atoms with van der Waals surface area (Å²) in [5.41, 5.74) is 0.687. The number of aliphatic carboxylic acids is 1. The van der Waals surface area contributed by atoms with E-state index in [1.165, 1.54) is 0 Å². The number of likely N-dealkylation sites (tertiary alicyclic amines) is 1. The maximum atomic E-state index is 12.6. The van der Waals surface area contributed by atoms with Crippen molar-refractivity contribution in [3.05, 3.63) is 34.9 Å². The molecule has 2 aliphatic heterocycles. The lowest BCUT2D eigenvalue weighted by atomic mass is 9.87. The molecule has 2 fully saturated rings. The largest absolute Gasteiger partial charge is 0.490 e. The normalized spacial score (nSPS) is 20.8. The average molecular weight is 451 g/mol. The molecule has 1 amide bonds. The van der Waals surface area contributed by atoms with Gasteiger partial charge in [-0.3, -0.25) is 4.79 Å². The van der Waals surface area contributed by atoms with Crippen LogP contribution in [0, 0.1) is 0 Å². The number of piperidine rings is 1. The van der Waals surface area contributed by atoms with Crippen LogP contribution >= 0.6 is 11.6 Å². The van der Waals surface area contributed by atoms with Crippen LogP contribution in [0.2, 0.25) is 5.02 Å². The summed E-state index contributed by atoms with van der Waals surface area (Å²) in [6.45, 7) is 5.58. The van der Waals surface area contributed by atoms with E-state index in [1.807, 2.05) is 4.90 Å². The first kappa shape index (κ1) is 24.4. The summed E-state index contributed by atoms with van der Waals surface area (Å²) in [6, 6.07) is 7.65. The van der Waals surface area contributed by atoms with Crippen molar-refractivity contribution >= 4 is 23.5 Å². The highest BCUT2D eigenvalue weighted by molar-refractivity contribution is 6.30. The average Bonchev–Trinajstić information content (AvgIpc) is 3.11. The van der Waals surface area contributed by atoms with Crippen LogP contribution in [0.15, 0.2) is 24.3 Å². The van der Waals surface area contributed by atoms with Gasteiger partial charge in [-0.1, -0.05) is 18.5 Å². The van der Waals surface area contributed by atoms with E-state index in [9.17, 15) is 18.0 Å². The van der Waals surface area contributed by atoms with Crippen LogP contribution in [0.4, 0.5) is 13.2 Å². The zero-order valence-electron chi connectivity index (χ0n) is 16.9. The number of nitrogens with zero attached hydrogens (tertiary/aromatic N) is 2. The molecule has 0 radical (unpaired) electrons. The standard InChI is InChI=1S/C18H25ClN2O2.C2HF3O2/c1-3-20(2)16-12-18(23-13-16)8-10-21(11-9-18)17(22)14-4-6-15(19)7-5-14;3-2(4,5)1(6)7/h4-7,16H,3,8-13H2,1-2H3;(H,6,7). The Bertz CT molecular complexity index is 735. The fourth-order valence-electron chi connectivity index (χ4n) is 3.60. The van der Waals surface area contributed by atoms with Gasteiger partial charge in [0.2, 0.25) is 0 Å². The van der Waals surface area contributed by atoms with E-state index in [0.717, 1.165) is 45.5 Å². The number of carbonyl (C=O) groups is 2. The number of carbonyl (C=O) groups excluding carboxylic acids is 1. The van der Waals surface area contributed by atoms with Gasteiger partial charge in [0.05, 0.1) is 12.2 Å². The molecule has 0 saturated carbocycles. The Kier molecular flexibility index (Phi) is 8.13. The fraction of sp³-hybridized carbons (Fsp3) is 0.600. The van der Waals surface area contributed by atoms with Crippen LogP contribution in [-0.2, 0) is 9.53 Å². The Balaban J connectivity index is 0.000000396. The number of halogens is 4. The van der Waals surface area contributed by atoms with Crippen LogP contribution in [0.5, 0.6) is 0 Å². The number of amides is 1. The number of hydrogen-bond donors (Lipinski definition) is 1. The zero-order chi connectivity index (χ0) is 22.5. The smallest absolute Gasteiger partial charge is 0.475 e. The number of likely N-dealkylation sites (N-methyl/N-ethyl adjacent to an activating group) is 1. The highest BCUT2D eigenvalue weighted by Gasteiger charge is 2.44. The van der Waals surface area contributed by atoms with Crippen LogP contribution in [0.25, 0.3) is 0 Å². The van der Waals surface area contributed by atoms with Gasteiger partial charge >= 0.3 is 12.1 Å². The predicted octanol–water partition coefficient (Wildman–Crippen LogP) is 3.69. The number of alkyl halides is 3. The van der Waals surface area contributed by atoms with Crippen LogP contribution < -0.4 is 0 Å². The third-order valence-corrected chi connectivity index (χ3v) is 5.86. The van der Waals surface area contributed by atoms with Gasteiger partial charge in [0.1, 0.15) is 0 Å². The third kappa shape index (κ3) is 6.33. The predicted molar refractivity (Wildman–Crippen MR) is 106 cm³/mol. The van der Waals surface area contributed by atoms with Gasteiger partial charge in [-0.25, -0.2) is 4.79 Å². The van der Waals surface area contributed by atoms with E-state index in [1.54, 1.807) is 24.3 Å². The molecule has 1 aromatic rings. The van der Waals surface area contributed by atoms with E-state index in [2.05, 4.69) is 18.9 Å². The third-order valence-electron chi connectivity index (χ3n) is 5.61. The zero-order valence-corrected chi connectivity index (χ0v) is 17.7. The van der Waals surface area contributed by atoms with Crippen molar-refractivity contribution in [2.24, 2.45) is 0 Å². The van der Waals surface area contributed by atoms with E-state index in [4.69, 9.17) is 26.2 Å². The Morgan fingerprint density at radius 1 is 1.27 bits per heavy atom. The molecule has 1 N–H and O–H groups in total. The monoisotopic (exact) mass is 450 g/mol. The number of rotatable bonds is 3. The number of carboxylic acid groups (broad SMARTS) is 1. The minimum Gasteiger partial charge on any atom is -0.475 e. The molecule has 2 heterocycles. The molecule has 2 aliphatic rings. The first-order valence-electron chi connectivity index (χ1n) is 9.66. The molecule has 3 rings (SSSR count). The van der Waals surface area contributed by atoms with Gasteiger partial charge < -0.3 is 19.6 Å². The molecule has 1 atom stereocenters. The number of hydrogen-bond acceptors (Lipinski definition) is 4. The lowest BCUT2D eigenvalue weighted by Crippen LogP contribution is -2.47. The number of ether oxygens (including phenoxy) is 1. The van der Waals surface area contributed by atoms with Gasteiger partial charge in [-0.2, -0.15) is 13.2 Å². The Morgan fingerprint density at radius 2 is 1.80 bits per heavy atom. The molecule has 2 saturated heterocycles. The highest BCUT2D eigenvalue weighted by Crippen LogP contribution is 2.37. The summed E-state index contributed by atoms with van der Waals surface area (Å²) in [5.74, 6) is -2.66. The van der Waals surface area contributed by atoms with E-state index in [-0.39, 0.29) is 11.5 Å². The van der Waals surface area contributed by atoms with Crippen molar-refractivity contribution in [1.82, 2.24) is 9.80 Å². The topological polar surface area (TPSA) is 70.1 Å². The van der Waals surface area contributed by atoms with E-state index < -0.39 is 12.1 Å². The second-order valence-electron chi connectivity index (χ2n) is 7.53. The van der Waals surface area contributed by atoms with Gasteiger partial charge in [0, 0.05) is 29.7 Å². The fourth-order valence-corrected chi connectivity index (χ4v) is 3.73. The van der Waals surface area contributed by atoms with Crippen molar-refractivity contribution in [2.45, 2.75) is 44.0 Å². The van der Waals surface area contributed by atoms with Crippen LogP contribution in [0.1, 0.15) is 36.5 Å². The van der Waals surface area contributed by atoms with Crippen molar-refractivity contribution < 1.29 is 32.6 Å². The quantitative estimate of drug-likeness (QED) is 0.760. The molecule has 1 spiro atoms. The Labute approximate surface area is 178 Å². The molecular weight excluding hydrogens is 425 g/mol. The maximum Gasteiger partial charge on any atom is 0.490 e. The van der Waals surface area contributed by atoms with Crippen molar-refractivity contribution in [2.75, 3.05) is 33.3 Å². The molecule has 0 bridgehead atoms. The Morgan fingerprint density at radius 3 is 2.27 bits per heavy atom. The molecule has 0 aromatic heterocycles.